The molecular formula is C12H19Cl2N3O. The Labute approximate surface area is 119 Å². The molecule has 18 heavy (non-hydrogen) atoms. The highest BCUT2D eigenvalue weighted by molar-refractivity contribution is 6.28. The van der Waals surface area contributed by atoms with Gasteiger partial charge >= 0.3 is 0 Å². The van der Waals surface area contributed by atoms with E-state index in [0.29, 0.717) is 18.5 Å². The van der Waals surface area contributed by atoms with Crippen molar-refractivity contribution < 1.29 is 4.74 Å². The molecule has 1 saturated heterocycles. The molecule has 1 aliphatic rings. The summed E-state index contributed by atoms with van der Waals surface area (Å²) in [6.07, 6.45) is 7.76. The van der Waals surface area contributed by atoms with E-state index in [1.54, 1.807) is 12.3 Å². The van der Waals surface area contributed by atoms with Gasteiger partial charge in [-0.05, 0) is 43.8 Å². The van der Waals surface area contributed by atoms with Crippen molar-refractivity contribution in [1.82, 2.24) is 15.3 Å². The molecule has 1 N–H and O–H groups in total. The topological polar surface area (TPSA) is 47.0 Å². The molecule has 0 bridgehead atoms. The lowest BCUT2D eigenvalue weighted by Gasteiger charge is -2.23. The van der Waals surface area contributed by atoms with Crippen LogP contribution in [0.1, 0.15) is 32.1 Å². The highest BCUT2D eigenvalue weighted by Gasteiger charge is 2.11. The number of hydrogen-bond donors (Lipinski definition) is 1. The largest absolute Gasteiger partial charge is 0.478 e. The molecule has 0 aliphatic carbocycles. The van der Waals surface area contributed by atoms with E-state index in [9.17, 15) is 0 Å². The summed E-state index contributed by atoms with van der Waals surface area (Å²) in [6.45, 7) is 1.85. The van der Waals surface area contributed by atoms with Gasteiger partial charge in [-0.25, -0.2) is 4.98 Å². The van der Waals surface area contributed by atoms with Crippen LogP contribution in [0.15, 0.2) is 12.3 Å². The van der Waals surface area contributed by atoms with Crippen LogP contribution in [0, 0.1) is 0 Å². The van der Waals surface area contributed by atoms with Crippen molar-refractivity contribution in [2.75, 3.05) is 13.2 Å². The Bertz CT molecular complexity index is 346. The van der Waals surface area contributed by atoms with Crippen molar-refractivity contribution in [3.8, 4) is 5.88 Å². The number of nitrogens with zero attached hydrogens (tertiary/aromatic N) is 2. The molecule has 1 aromatic rings. The first-order valence-electron chi connectivity index (χ1n) is 6.19. The minimum Gasteiger partial charge on any atom is -0.478 e. The predicted molar refractivity (Wildman–Crippen MR) is 74.7 cm³/mol. The summed E-state index contributed by atoms with van der Waals surface area (Å²) in [6, 6.07) is 2.39. The molecule has 2 heterocycles. The second kappa shape index (κ2) is 8.51. The van der Waals surface area contributed by atoms with Crippen molar-refractivity contribution >= 4 is 24.0 Å². The molecule has 0 radical (unpaired) electrons. The van der Waals surface area contributed by atoms with E-state index in [1.807, 2.05) is 0 Å². The molecule has 4 nitrogen and oxygen atoms in total. The van der Waals surface area contributed by atoms with Crippen LogP contribution in [0.2, 0.25) is 5.28 Å². The SMILES string of the molecule is Cl.Clc1nccc(OCCCC2CCCCN2)n1. The average molecular weight is 292 g/mol. The van der Waals surface area contributed by atoms with Gasteiger partial charge in [-0.15, -0.1) is 12.4 Å². The lowest BCUT2D eigenvalue weighted by atomic mass is 10.0. The molecule has 1 fully saturated rings. The van der Waals surface area contributed by atoms with Gasteiger partial charge in [-0.2, -0.15) is 4.98 Å². The van der Waals surface area contributed by atoms with Crippen LogP contribution in [0.5, 0.6) is 5.88 Å². The van der Waals surface area contributed by atoms with Gasteiger partial charge in [0.25, 0.3) is 0 Å². The summed E-state index contributed by atoms with van der Waals surface area (Å²) in [7, 11) is 0. The zero-order chi connectivity index (χ0) is 11.9. The summed E-state index contributed by atoms with van der Waals surface area (Å²) in [4.78, 5) is 7.78. The van der Waals surface area contributed by atoms with Crippen LogP contribution < -0.4 is 10.1 Å². The molecule has 2 rings (SSSR count). The molecule has 0 aromatic carbocycles. The summed E-state index contributed by atoms with van der Waals surface area (Å²) in [5.41, 5.74) is 0. The van der Waals surface area contributed by atoms with Gasteiger partial charge < -0.3 is 10.1 Å². The highest BCUT2D eigenvalue weighted by atomic mass is 35.5. The van der Waals surface area contributed by atoms with Crippen LogP contribution >= 0.6 is 24.0 Å². The average Bonchev–Trinajstić information content (AvgIpc) is 2.36. The lowest BCUT2D eigenvalue weighted by Crippen LogP contribution is -2.34. The van der Waals surface area contributed by atoms with Crippen molar-refractivity contribution in [2.45, 2.75) is 38.1 Å². The van der Waals surface area contributed by atoms with Crippen molar-refractivity contribution in [1.29, 1.82) is 0 Å². The van der Waals surface area contributed by atoms with E-state index in [4.69, 9.17) is 16.3 Å². The third kappa shape index (κ3) is 5.38. The van der Waals surface area contributed by atoms with Gasteiger partial charge in [-0.3, -0.25) is 0 Å². The van der Waals surface area contributed by atoms with Crippen LogP contribution in [-0.4, -0.2) is 29.2 Å². The summed E-state index contributed by atoms with van der Waals surface area (Å²) >= 11 is 5.67. The summed E-state index contributed by atoms with van der Waals surface area (Å²) in [5.74, 6) is 0.557. The van der Waals surface area contributed by atoms with E-state index < -0.39 is 0 Å². The fraction of sp³-hybridized carbons (Fsp3) is 0.667. The molecule has 0 amide bonds. The first-order chi connectivity index (χ1) is 8.34. The Balaban J connectivity index is 0.00000162. The number of rotatable bonds is 5. The molecule has 6 heteroatoms. The minimum atomic E-state index is 0. The van der Waals surface area contributed by atoms with Crippen LogP contribution in [-0.2, 0) is 0 Å². The monoisotopic (exact) mass is 291 g/mol. The van der Waals surface area contributed by atoms with Gasteiger partial charge in [0.05, 0.1) is 6.61 Å². The van der Waals surface area contributed by atoms with Crippen LogP contribution in [0.4, 0.5) is 0 Å². The summed E-state index contributed by atoms with van der Waals surface area (Å²) < 4.78 is 5.51. The van der Waals surface area contributed by atoms with E-state index >= 15 is 0 Å². The number of hydrogen-bond acceptors (Lipinski definition) is 4. The second-order valence-electron chi connectivity index (χ2n) is 4.30. The Hall–Kier alpha value is -0.580. The predicted octanol–water partition coefficient (Wildman–Crippen LogP) is 2.85. The van der Waals surface area contributed by atoms with Crippen molar-refractivity contribution in [3.05, 3.63) is 17.5 Å². The normalized spacial score (nSPS) is 19.1. The Morgan fingerprint density at radius 1 is 1.44 bits per heavy atom. The van der Waals surface area contributed by atoms with Crippen molar-refractivity contribution in [3.63, 3.8) is 0 Å². The third-order valence-electron chi connectivity index (χ3n) is 2.96. The van der Waals surface area contributed by atoms with E-state index in [0.717, 1.165) is 13.0 Å². The quantitative estimate of drug-likeness (QED) is 0.669. The minimum absolute atomic E-state index is 0. The van der Waals surface area contributed by atoms with Gasteiger partial charge in [0.15, 0.2) is 0 Å². The maximum atomic E-state index is 5.67. The number of aromatic nitrogens is 2. The maximum absolute atomic E-state index is 5.67. The second-order valence-corrected chi connectivity index (χ2v) is 4.64. The van der Waals surface area contributed by atoms with Crippen LogP contribution in [0.25, 0.3) is 0 Å². The highest BCUT2D eigenvalue weighted by Crippen LogP contribution is 2.13. The van der Waals surface area contributed by atoms with Gasteiger partial charge in [0, 0.05) is 18.3 Å². The summed E-state index contributed by atoms with van der Waals surface area (Å²) in [5, 5.41) is 3.76. The number of halogens is 2. The lowest BCUT2D eigenvalue weighted by molar-refractivity contribution is 0.276. The molecule has 1 unspecified atom stereocenters. The van der Waals surface area contributed by atoms with E-state index in [1.165, 1.54) is 25.7 Å². The molecule has 102 valence electrons. The first kappa shape index (κ1) is 15.5. The zero-order valence-corrected chi connectivity index (χ0v) is 11.8. The zero-order valence-electron chi connectivity index (χ0n) is 10.3. The number of ether oxygens (including phenoxy) is 1. The molecule has 0 spiro atoms. The molecule has 1 aliphatic heterocycles. The van der Waals surface area contributed by atoms with E-state index in [2.05, 4.69) is 15.3 Å². The fourth-order valence-electron chi connectivity index (χ4n) is 2.08. The third-order valence-corrected chi connectivity index (χ3v) is 3.14. The van der Waals surface area contributed by atoms with Gasteiger partial charge in [0.1, 0.15) is 0 Å². The smallest absolute Gasteiger partial charge is 0.225 e. The molecular weight excluding hydrogens is 273 g/mol. The van der Waals surface area contributed by atoms with Crippen molar-refractivity contribution in [2.24, 2.45) is 0 Å². The molecule has 1 aromatic heterocycles. The number of nitrogens with one attached hydrogen (secondary N) is 1. The van der Waals surface area contributed by atoms with Gasteiger partial charge in [-0.1, -0.05) is 6.42 Å². The Kier molecular flexibility index (Phi) is 7.32. The Morgan fingerprint density at radius 3 is 3.06 bits per heavy atom. The van der Waals surface area contributed by atoms with E-state index in [-0.39, 0.29) is 17.7 Å². The molecule has 0 saturated carbocycles. The molecule has 1 atom stereocenters. The van der Waals surface area contributed by atoms with Crippen LogP contribution in [0.3, 0.4) is 0 Å². The number of piperidine rings is 1. The Morgan fingerprint density at radius 2 is 2.33 bits per heavy atom. The standard InChI is InChI=1S/C12H18ClN3O.ClH/c13-12-15-8-6-11(16-12)17-9-3-5-10-4-1-2-7-14-10;/h6,8,10,14H,1-5,7,9H2;1H. The van der Waals surface area contributed by atoms with Gasteiger partial charge in [0.2, 0.25) is 11.2 Å². The fourth-order valence-corrected chi connectivity index (χ4v) is 2.22. The maximum Gasteiger partial charge on any atom is 0.225 e. The first-order valence-corrected chi connectivity index (χ1v) is 6.57.